The first-order valence-corrected chi connectivity index (χ1v) is 5.48. The molecule has 0 radical (unpaired) electrons. The lowest BCUT2D eigenvalue weighted by molar-refractivity contribution is -0.517. The Bertz CT molecular complexity index is 613. The maximum atomic E-state index is 11.3. The topological polar surface area (TPSA) is 93.3 Å². The number of carboxylic acids is 1. The van der Waals surface area contributed by atoms with Gasteiger partial charge in [0, 0.05) is 16.7 Å². The molecule has 1 aromatic heterocycles. The molecule has 1 N–H and O–H groups in total. The van der Waals surface area contributed by atoms with E-state index in [1.807, 2.05) is 0 Å². The molecule has 0 aliphatic carbocycles. The molecule has 0 fully saturated rings. The molecule has 0 aliphatic heterocycles. The summed E-state index contributed by atoms with van der Waals surface area (Å²) >= 11 is 0. The summed E-state index contributed by atoms with van der Waals surface area (Å²) < 4.78 is 0. The van der Waals surface area contributed by atoms with E-state index < -0.39 is 16.9 Å². The zero-order valence-electron chi connectivity index (χ0n) is 9.76. The van der Waals surface area contributed by atoms with Crippen LogP contribution in [0.3, 0.4) is 0 Å². The Morgan fingerprint density at radius 2 is 1.89 bits per heavy atom. The summed E-state index contributed by atoms with van der Waals surface area (Å²) in [5.41, 5.74) is 0.197. The van der Waals surface area contributed by atoms with Gasteiger partial charge in [-0.2, -0.15) is 0 Å². The molecule has 1 aromatic carbocycles. The summed E-state index contributed by atoms with van der Waals surface area (Å²) in [6.07, 6.45) is 1.30. The molecule has 1 heterocycles. The molecule has 19 heavy (non-hydrogen) atoms. The maximum Gasteiger partial charge on any atom is 0.355 e. The van der Waals surface area contributed by atoms with Crippen molar-refractivity contribution in [1.82, 2.24) is 4.98 Å². The number of nitrogens with zero attached hydrogens (tertiary/aromatic N) is 2. The van der Waals surface area contributed by atoms with Crippen LogP contribution in [0.25, 0.3) is 0 Å². The Kier molecular flexibility index (Phi) is 3.51. The molecule has 1 atom stereocenters. The predicted octanol–water partition coefficient (Wildman–Crippen LogP) is 2.15. The highest BCUT2D eigenvalue weighted by Gasteiger charge is 2.30. The van der Waals surface area contributed by atoms with Crippen LogP contribution in [0.5, 0.6) is 0 Å². The van der Waals surface area contributed by atoms with E-state index in [0.29, 0.717) is 5.56 Å². The van der Waals surface area contributed by atoms with Gasteiger partial charge in [-0.3, -0.25) is 10.1 Å². The van der Waals surface area contributed by atoms with Crippen LogP contribution in [0, 0.1) is 10.1 Å². The number of carboxylic acid groups (broad SMARTS) is 1. The third kappa shape index (κ3) is 2.57. The maximum absolute atomic E-state index is 11.3. The van der Waals surface area contributed by atoms with Crippen LogP contribution in [0.15, 0.2) is 48.7 Å². The number of rotatable bonds is 4. The average molecular weight is 258 g/mol. The van der Waals surface area contributed by atoms with Crippen molar-refractivity contribution in [3.05, 3.63) is 75.6 Å². The van der Waals surface area contributed by atoms with Crippen LogP contribution in [0.1, 0.15) is 27.7 Å². The van der Waals surface area contributed by atoms with Crippen molar-refractivity contribution in [3.63, 3.8) is 0 Å². The molecule has 2 rings (SSSR count). The number of hydrogen-bond donors (Lipinski definition) is 1. The second kappa shape index (κ2) is 5.26. The Morgan fingerprint density at radius 1 is 1.21 bits per heavy atom. The van der Waals surface area contributed by atoms with Crippen molar-refractivity contribution >= 4 is 5.97 Å². The minimum atomic E-state index is -1.28. The molecule has 96 valence electrons. The number of nitro groups is 1. The van der Waals surface area contributed by atoms with Crippen molar-refractivity contribution in [3.8, 4) is 0 Å². The molecule has 2 aromatic rings. The molecule has 6 nitrogen and oxygen atoms in total. The van der Waals surface area contributed by atoms with Gasteiger partial charge < -0.3 is 5.11 Å². The Labute approximate surface area is 108 Å². The van der Waals surface area contributed by atoms with Gasteiger partial charge in [0.15, 0.2) is 5.69 Å². The van der Waals surface area contributed by atoms with E-state index in [-0.39, 0.29) is 11.3 Å². The smallest absolute Gasteiger partial charge is 0.355 e. The summed E-state index contributed by atoms with van der Waals surface area (Å²) in [6, 6.07) is 9.92. The van der Waals surface area contributed by atoms with Gasteiger partial charge in [0.05, 0.1) is 5.56 Å². The molecule has 1 unspecified atom stereocenters. The van der Waals surface area contributed by atoms with Gasteiger partial charge in [-0.25, -0.2) is 9.78 Å². The first kappa shape index (κ1) is 12.7. The monoisotopic (exact) mass is 258 g/mol. The Hall–Kier alpha value is -2.76. The van der Waals surface area contributed by atoms with Gasteiger partial charge in [0.2, 0.25) is 0 Å². The van der Waals surface area contributed by atoms with E-state index in [1.54, 1.807) is 30.3 Å². The predicted molar refractivity (Wildman–Crippen MR) is 66.5 cm³/mol. The lowest BCUT2D eigenvalue weighted by Crippen LogP contribution is -2.17. The Morgan fingerprint density at radius 3 is 2.47 bits per heavy atom. The van der Waals surface area contributed by atoms with Crippen molar-refractivity contribution < 1.29 is 14.8 Å². The third-order valence-corrected chi connectivity index (χ3v) is 2.66. The van der Waals surface area contributed by atoms with E-state index >= 15 is 0 Å². The number of pyridine rings is 1. The highest BCUT2D eigenvalue weighted by molar-refractivity contribution is 5.87. The zero-order valence-corrected chi connectivity index (χ0v) is 9.76. The van der Waals surface area contributed by atoms with Crippen LogP contribution >= 0.6 is 0 Å². The second-order valence-electron chi connectivity index (χ2n) is 3.84. The first-order chi connectivity index (χ1) is 9.11. The van der Waals surface area contributed by atoms with Crippen molar-refractivity contribution in [1.29, 1.82) is 0 Å². The van der Waals surface area contributed by atoms with Crippen LogP contribution in [-0.2, 0) is 0 Å². The highest BCUT2D eigenvalue weighted by atomic mass is 16.6. The van der Waals surface area contributed by atoms with E-state index in [9.17, 15) is 14.9 Å². The van der Waals surface area contributed by atoms with Gasteiger partial charge in [-0.1, -0.05) is 30.3 Å². The number of hydrogen-bond acceptors (Lipinski definition) is 4. The molecule has 6 heteroatoms. The van der Waals surface area contributed by atoms with E-state index in [1.165, 1.54) is 18.3 Å². The molecule has 0 saturated heterocycles. The highest BCUT2D eigenvalue weighted by Crippen LogP contribution is 2.26. The molecule has 0 saturated carbocycles. The van der Waals surface area contributed by atoms with Gasteiger partial charge in [0.25, 0.3) is 6.04 Å². The summed E-state index contributed by atoms with van der Waals surface area (Å²) in [4.78, 5) is 25.5. The Balaban J connectivity index is 2.59. The fourth-order valence-corrected chi connectivity index (χ4v) is 1.87. The molecule has 0 amide bonds. The van der Waals surface area contributed by atoms with Crippen molar-refractivity contribution in [2.75, 3.05) is 0 Å². The quantitative estimate of drug-likeness (QED) is 0.669. The summed E-state index contributed by atoms with van der Waals surface area (Å²) in [7, 11) is 0. The summed E-state index contributed by atoms with van der Waals surface area (Å²) in [6.45, 7) is 0. The first-order valence-electron chi connectivity index (χ1n) is 5.48. The molecule has 0 spiro atoms. The van der Waals surface area contributed by atoms with Crippen molar-refractivity contribution in [2.45, 2.75) is 6.04 Å². The second-order valence-corrected chi connectivity index (χ2v) is 3.84. The largest absolute Gasteiger partial charge is 0.476 e. The average Bonchev–Trinajstić information content (AvgIpc) is 2.40. The lowest BCUT2D eigenvalue weighted by Gasteiger charge is -2.11. The molecular weight excluding hydrogens is 248 g/mol. The lowest BCUT2D eigenvalue weighted by atomic mass is 9.98. The SMILES string of the molecule is O=C(O)c1ncccc1C(c1ccccc1)[N+](=O)[O-]. The van der Waals surface area contributed by atoms with Crippen LogP contribution < -0.4 is 0 Å². The molecule has 0 bridgehead atoms. The van der Waals surface area contributed by atoms with Gasteiger partial charge in [0.1, 0.15) is 0 Å². The fraction of sp³-hybridized carbons (Fsp3) is 0.0769. The van der Waals surface area contributed by atoms with E-state index in [2.05, 4.69) is 4.98 Å². The fourth-order valence-electron chi connectivity index (χ4n) is 1.87. The van der Waals surface area contributed by atoms with Gasteiger partial charge in [-0.15, -0.1) is 0 Å². The summed E-state index contributed by atoms with van der Waals surface area (Å²) in [5, 5.41) is 20.3. The number of carbonyl (C=O) groups is 1. The minimum Gasteiger partial charge on any atom is -0.476 e. The van der Waals surface area contributed by atoms with E-state index in [4.69, 9.17) is 5.11 Å². The number of aromatic carboxylic acids is 1. The minimum absolute atomic E-state index is 0.0752. The third-order valence-electron chi connectivity index (χ3n) is 2.66. The standard InChI is InChI=1S/C13H10N2O4/c16-13(17)11-10(7-4-8-14-11)12(15(18)19)9-5-2-1-3-6-9/h1-8,12H,(H,16,17). The van der Waals surface area contributed by atoms with Gasteiger partial charge >= 0.3 is 5.97 Å². The van der Waals surface area contributed by atoms with E-state index in [0.717, 1.165) is 0 Å². The van der Waals surface area contributed by atoms with Crippen molar-refractivity contribution in [2.24, 2.45) is 0 Å². The zero-order chi connectivity index (χ0) is 13.8. The number of benzene rings is 1. The summed E-state index contributed by atoms with van der Waals surface area (Å²) in [5.74, 6) is -1.28. The van der Waals surface area contributed by atoms with Gasteiger partial charge in [-0.05, 0) is 12.1 Å². The van der Waals surface area contributed by atoms with Crippen LogP contribution in [0.2, 0.25) is 0 Å². The van der Waals surface area contributed by atoms with Crippen LogP contribution in [-0.4, -0.2) is 21.0 Å². The van der Waals surface area contributed by atoms with Crippen LogP contribution in [0.4, 0.5) is 0 Å². The normalized spacial score (nSPS) is 11.8. The molecular formula is C13H10N2O4. The molecule has 0 aliphatic rings. The number of aromatic nitrogens is 1.